The van der Waals surface area contributed by atoms with Crippen LogP contribution in [0.25, 0.3) is 11.3 Å². The lowest BCUT2D eigenvalue weighted by Crippen LogP contribution is -2.51. The molecule has 9 heteroatoms. The summed E-state index contributed by atoms with van der Waals surface area (Å²) in [6.07, 6.45) is 3.20. The van der Waals surface area contributed by atoms with Crippen molar-refractivity contribution in [2.45, 2.75) is 44.4 Å². The summed E-state index contributed by atoms with van der Waals surface area (Å²) >= 11 is 0. The van der Waals surface area contributed by atoms with Gasteiger partial charge in [-0.1, -0.05) is 60.7 Å². The van der Waals surface area contributed by atoms with Crippen LogP contribution in [-0.4, -0.2) is 50.7 Å². The molecule has 2 aromatic carbocycles. The van der Waals surface area contributed by atoms with Crippen LogP contribution in [0.3, 0.4) is 0 Å². The van der Waals surface area contributed by atoms with Gasteiger partial charge in [0.2, 0.25) is 11.9 Å². The Morgan fingerprint density at radius 2 is 1.79 bits per heavy atom. The van der Waals surface area contributed by atoms with E-state index in [4.69, 9.17) is 10.1 Å². The van der Waals surface area contributed by atoms with Crippen LogP contribution in [0, 0.1) is 5.95 Å². The van der Waals surface area contributed by atoms with Crippen LogP contribution >= 0.6 is 0 Å². The van der Waals surface area contributed by atoms with E-state index in [0.29, 0.717) is 41.9 Å². The molecule has 0 bridgehead atoms. The summed E-state index contributed by atoms with van der Waals surface area (Å²) in [6.45, 7) is 1.03. The first kappa shape index (κ1) is 23.6. The molecule has 0 saturated heterocycles. The fourth-order valence-electron chi connectivity index (χ4n) is 5.90. The zero-order valence-corrected chi connectivity index (χ0v) is 21.6. The van der Waals surface area contributed by atoms with Crippen molar-refractivity contribution >= 4 is 23.5 Å². The van der Waals surface area contributed by atoms with Crippen LogP contribution in [0.1, 0.15) is 40.7 Å². The number of amides is 1. The summed E-state index contributed by atoms with van der Waals surface area (Å²) in [5.41, 5.74) is 4.12. The van der Waals surface area contributed by atoms with Crippen molar-refractivity contribution in [1.82, 2.24) is 19.7 Å². The highest BCUT2D eigenvalue weighted by molar-refractivity contribution is 6.20. The molecular weight excluding hydrogens is 493 g/mol. The Balaban J connectivity index is 1.26. The maximum absolute atomic E-state index is 13.7. The highest BCUT2D eigenvalue weighted by Crippen LogP contribution is 2.42. The van der Waals surface area contributed by atoms with Crippen molar-refractivity contribution in [3.05, 3.63) is 95.4 Å². The third-order valence-electron chi connectivity index (χ3n) is 7.85. The number of benzene rings is 2. The van der Waals surface area contributed by atoms with E-state index in [1.165, 1.54) is 6.07 Å². The molecule has 39 heavy (non-hydrogen) atoms. The second kappa shape index (κ2) is 9.34. The first-order valence-electron chi connectivity index (χ1n) is 13.3. The van der Waals surface area contributed by atoms with E-state index in [2.05, 4.69) is 27.3 Å². The highest BCUT2D eigenvalue weighted by Gasteiger charge is 2.49. The predicted molar refractivity (Wildman–Crippen MR) is 148 cm³/mol. The van der Waals surface area contributed by atoms with Crippen LogP contribution < -0.4 is 10.2 Å². The summed E-state index contributed by atoms with van der Waals surface area (Å²) in [5.74, 6) is 1.48. The molecule has 1 saturated carbocycles. The van der Waals surface area contributed by atoms with E-state index in [9.17, 15) is 9.18 Å². The highest BCUT2D eigenvalue weighted by atomic mass is 19.1. The van der Waals surface area contributed by atoms with Gasteiger partial charge >= 0.3 is 0 Å². The number of nitrogens with one attached hydrogen (secondary N) is 1. The molecule has 2 aromatic heterocycles. The van der Waals surface area contributed by atoms with Gasteiger partial charge in [0.15, 0.2) is 5.82 Å². The Kier molecular flexibility index (Phi) is 5.65. The number of hydrogen-bond donors (Lipinski definition) is 1. The molecule has 2 atom stereocenters. The molecule has 0 unspecified atom stereocenters. The first-order valence-corrected chi connectivity index (χ1v) is 13.3. The Labute approximate surface area is 225 Å². The van der Waals surface area contributed by atoms with Gasteiger partial charge in [-0.05, 0) is 42.5 Å². The van der Waals surface area contributed by atoms with Gasteiger partial charge in [-0.25, -0.2) is 14.7 Å². The van der Waals surface area contributed by atoms with Gasteiger partial charge < -0.3 is 5.32 Å². The third kappa shape index (κ3) is 4.05. The Hall–Kier alpha value is -4.53. The quantitative estimate of drug-likeness (QED) is 0.364. The number of anilines is 2. The number of pyridine rings is 1. The minimum atomic E-state index is -0.503. The summed E-state index contributed by atoms with van der Waals surface area (Å²) in [6, 6.07) is 23.2. The number of aliphatic imine (C=N–C) groups is 1. The lowest BCUT2D eigenvalue weighted by molar-refractivity contribution is 0.0865. The van der Waals surface area contributed by atoms with E-state index in [1.54, 1.807) is 24.1 Å². The van der Waals surface area contributed by atoms with Gasteiger partial charge in [-0.15, -0.1) is 0 Å². The molecule has 196 valence electrons. The Bertz CT molecular complexity index is 1580. The number of hydrogen-bond acceptors (Lipinski definition) is 6. The van der Waals surface area contributed by atoms with Gasteiger partial charge in [0.1, 0.15) is 11.4 Å². The number of carbonyl (C=O) groups is 1. The fourth-order valence-corrected chi connectivity index (χ4v) is 5.90. The van der Waals surface area contributed by atoms with Crippen LogP contribution in [0.15, 0.2) is 77.8 Å². The third-order valence-corrected chi connectivity index (χ3v) is 7.85. The first-order chi connectivity index (χ1) is 19.1. The van der Waals surface area contributed by atoms with Crippen LogP contribution in [-0.2, 0) is 13.1 Å². The van der Waals surface area contributed by atoms with Crippen molar-refractivity contribution in [2.75, 3.05) is 17.3 Å². The minimum Gasteiger partial charge on any atom is -0.365 e. The molecule has 4 aromatic rings. The van der Waals surface area contributed by atoms with Gasteiger partial charge in [-0.2, -0.15) is 9.49 Å². The number of halogens is 1. The van der Waals surface area contributed by atoms with E-state index < -0.39 is 5.95 Å². The number of guanidine groups is 1. The number of nitrogens with zero attached hydrogens (tertiary/aromatic N) is 6. The zero-order chi connectivity index (χ0) is 26.5. The number of rotatable bonds is 6. The molecule has 3 aliphatic rings. The van der Waals surface area contributed by atoms with Crippen molar-refractivity contribution in [2.24, 2.45) is 4.99 Å². The second-order valence-electron chi connectivity index (χ2n) is 10.3. The average Bonchev–Trinajstić information content (AvgIpc) is 3.65. The van der Waals surface area contributed by atoms with Crippen molar-refractivity contribution in [3.8, 4) is 11.3 Å². The maximum atomic E-state index is 13.7. The second-order valence-corrected chi connectivity index (χ2v) is 10.3. The fraction of sp³-hybridized carbons (Fsp3) is 0.267. The lowest BCUT2D eigenvalue weighted by atomic mass is 10.1. The number of fused-ring (bicyclic) bond motifs is 5. The molecule has 7 rings (SSSR count). The molecule has 0 radical (unpaired) electrons. The SMILES string of the molecule is CN1C(=O)c2c(nn(Cc3ccc(-c4cccc(F)n4)cc3)c2NCc2ccccc2)N2C1=N[C@@H]1CCC[C@@H]12. The normalized spacial score (nSPS) is 19.5. The predicted octanol–water partition coefficient (Wildman–Crippen LogP) is 4.93. The van der Waals surface area contributed by atoms with Crippen LogP contribution in [0.4, 0.5) is 16.0 Å². The number of carbonyl (C=O) groups excluding carboxylic acids is 1. The smallest absolute Gasteiger partial charge is 0.267 e. The maximum Gasteiger partial charge on any atom is 0.267 e. The monoisotopic (exact) mass is 521 g/mol. The van der Waals surface area contributed by atoms with E-state index in [1.807, 2.05) is 47.1 Å². The molecule has 1 amide bonds. The molecule has 0 spiro atoms. The summed E-state index contributed by atoms with van der Waals surface area (Å²) in [4.78, 5) is 26.4. The standard InChI is InChI=1S/C30H28FN7O/c1-36-29(39)26-27(32-17-19-7-3-2-4-8-19)37(35-28(26)38-24-11-5-10-23(24)34-30(36)38)18-20-13-15-21(16-14-20)22-9-6-12-25(31)33-22/h2-4,6-9,12-16,23-24,32H,5,10-11,17-18H2,1H3/t23-,24+/m1/s1. The molecule has 4 heterocycles. The van der Waals surface area contributed by atoms with Crippen molar-refractivity contribution in [3.63, 3.8) is 0 Å². The topological polar surface area (TPSA) is 78.7 Å². The molecule has 1 N–H and O–H groups in total. The molecule has 1 aliphatic carbocycles. The van der Waals surface area contributed by atoms with Crippen molar-refractivity contribution < 1.29 is 9.18 Å². The van der Waals surface area contributed by atoms with Crippen LogP contribution in [0.5, 0.6) is 0 Å². The number of aromatic nitrogens is 3. The molecule has 1 fully saturated rings. The molecule has 2 aliphatic heterocycles. The molecule has 8 nitrogen and oxygen atoms in total. The van der Waals surface area contributed by atoms with Gasteiger partial charge in [0.25, 0.3) is 5.91 Å². The van der Waals surface area contributed by atoms with E-state index in [0.717, 1.165) is 36.0 Å². The lowest BCUT2D eigenvalue weighted by Gasteiger charge is -2.34. The van der Waals surface area contributed by atoms with Crippen molar-refractivity contribution in [1.29, 1.82) is 0 Å². The molecular formula is C30H28FN7O. The van der Waals surface area contributed by atoms with Gasteiger partial charge in [0, 0.05) is 19.2 Å². The van der Waals surface area contributed by atoms with E-state index >= 15 is 0 Å². The average molecular weight is 522 g/mol. The van der Waals surface area contributed by atoms with Gasteiger partial charge in [-0.3, -0.25) is 14.6 Å². The largest absolute Gasteiger partial charge is 0.365 e. The van der Waals surface area contributed by atoms with Gasteiger partial charge in [0.05, 0.1) is 24.3 Å². The Morgan fingerprint density at radius 1 is 0.974 bits per heavy atom. The summed E-state index contributed by atoms with van der Waals surface area (Å²) in [7, 11) is 1.80. The summed E-state index contributed by atoms with van der Waals surface area (Å²) < 4.78 is 15.5. The summed E-state index contributed by atoms with van der Waals surface area (Å²) in [5, 5.41) is 8.55. The zero-order valence-electron chi connectivity index (χ0n) is 21.6. The minimum absolute atomic E-state index is 0.102. The van der Waals surface area contributed by atoms with Crippen LogP contribution in [0.2, 0.25) is 0 Å². The Morgan fingerprint density at radius 3 is 2.59 bits per heavy atom. The van der Waals surface area contributed by atoms with E-state index in [-0.39, 0.29) is 18.0 Å².